The number of rotatable bonds is 8. The average Bonchev–Trinajstić information content (AvgIpc) is 2.73. The Labute approximate surface area is 164 Å². The minimum absolute atomic E-state index is 0.222. The van der Waals surface area contributed by atoms with E-state index < -0.39 is 0 Å². The van der Waals surface area contributed by atoms with Crippen molar-refractivity contribution in [1.29, 1.82) is 0 Å². The second-order valence-electron chi connectivity index (χ2n) is 6.46. The summed E-state index contributed by atoms with van der Waals surface area (Å²) in [4.78, 5) is 23.8. The fourth-order valence-corrected chi connectivity index (χ4v) is 2.69. The second-order valence-corrected chi connectivity index (χ2v) is 6.46. The standard InChI is InChI=1S/C24H22O4/c25-23(15-19-7-3-1-4-8-19)27-17-21-11-13-22(14-12-21)18-28-24(26)16-20-9-5-2-6-10-20/h1-14H,15-18H2. The maximum atomic E-state index is 11.9. The lowest BCUT2D eigenvalue weighted by Crippen LogP contribution is -2.09. The normalized spacial score (nSPS) is 10.3. The number of ether oxygens (including phenoxy) is 2. The van der Waals surface area contributed by atoms with Gasteiger partial charge in [-0.25, -0.2) is 0 Å². The lowest BCUT2D eigenvalue weighted by atomic mass is 10.1. The van der Waals surface area contributed by atoms with Gasteiger partial charge in [-0.05, 0) is 22.3 Å². The summed E-state index contributed by atoms with van der Waals surface area (Å²) < 4.78 is 10.6. The Balaban J connectivity index is 1.40. The number of benzene rings is 3. The molecule has 0 bridgehead atoms. The first-order valence-corrected chi connectivity index (χ1v) is 9.16. The molecule has 0 N–H and O–H groups in total. The summed E-state index contributed by atoms with van der Waals surface area (Å²) in [5, 5.41) is 0. The fourth-order valence-electron chi connectivity index (χ4n) is 2.69. The molecule has 0 amide bonds. The van der Waals surface area contributed by atoms with Crippen molar-refractivity contribution in [3.05, 3.63) is 107 Å². The molecule has 0 aliphatic heterocycles. The molecule has 0 aliphatic rings. The quantitative estimate of drug-likeness (QED) is 0.553. The highest BCUT2D eigenvalue weighted by molar-refractivity contribution is 5.73. The van der Waals surface area contributed by atoms with Gasteiger partial charge in [0.05, 0.1) is 12.8 Å². The molecule has 0 spiro atoms. The predicted molar refractivity (Wildman–Crippen MR) is 106 cm³/mol. The minimum Gasteiger partial charge on any atom is -0.461 e. The van der Waals surface area contributed by atoms with Crippen molar-refractivity contribution in [2.75, 3.05) is 0 Å². The van der Waals surface area contributed by atoms with Crippen molar-refractivity contribution in [3.8, 4) is 0 Å². The molecule has 28 heavy (non-hydrogen) atoms. The molecule has 0 radical (unpaired) electrons. The van der Waals surface area contributed by atoms with Crippen molar-refractivity contribution >= 4 is 11.9 Å². The summed E-state index contributed by atoms with van der Waals surface area (Å²) in [6, 6.07) is 26.5. The maximum Gasteiger partial charge on any atom is 0.310 e. The Morgan fingerprint density at radius 1 is 0.500 bits per heavy atom. The summed E-state index contributed by atoms with van der Waals surface area (Å²) in [7, 11) is 0. The van der Waals surface area contributed by atoms with Crippen LogP contribution in [0.15, 0.2) is 84.9 Å². The first-order chi connectivity index (χ1) is 13.7. The van der Waals surface area contributed by atoms with Crippen LogP contribution in [0.2, 0.25) is 0 Å². The third kappa shape index (κ3) is 6.40. The van der Waals surface area contributed by atoms with Gasteiger partial charge in [-0.15, -0.1) is 0 Å². The van der Waals surface area contributed by atoms with Gasteiger partial charge in [0.15, 0.2) is 0 Å². The van der Waals surface area contributed by atoms with Crippen molar-refractivity contribution in [2.24, 2.45) is 0 Å². The van der Waals surface area contributed by atoms with Gasteiger partial charge in [0, 0.05) is 0 Å². The minimum atomic E-state index is -0.259. The Kier molecular flexibility index (Phi) is 6.96. The highest BCUT2D eigenvalue weighted by Gasteiger charge is 2.07. The molecular weight excluding hydrogens is 352 g/mol. The molecule has 0 atom stereocenters. The monoisotopic (exact) mass is 374 g/mol. The van der Waals surface area contributed by atoms with Crippen LogP contribution in [-0.2, 0) is 45.1 Å². The summed E-state index contributed by atoms with van der Waals surface area (Å²) >= 11 is 0. The third-order valence-electron chi connectivity index (χ3n) is 4.21. The van der Waals surface area contributed by atoms with Gasteiger partial charge in [-0.1, -0.05) is 84.9 Å². The molecule has 142 valence electrons. The smallest absolute Gasteiger partial charge is 0.310 e. The van der Waals surface area contributed by atoms with Crippen LogP contribution in [0.4, 0.5) is 0 Å². The van der Waals surface area contributed by atoms with Gasteiger partial charge in [0.1, 0.15) is 13.2 Å². The maximum absolute atomic E-state index is 11.9. The molecule has 4 heteroatoms. The van der Waals surface area contributed by atoms with E-state index in [9.17, 15) is 9.59 Å². The van der Waals surface area contributed by atoms with Crippen molar-refractivity contribution < 1.29 is 19.1 Å². The molecule has 0 heterocycles. The van der Waals surface area contributed by atoms with E-state index in [2.05, 4.69) is 0 Å². The zero-order valence-electron chi connectivity index (χ0n) is 15.5. The first kappa shape index (κ1) is 19.4. The van der Waals surface area contributed by atoms with Crippen molar-refractivity contribution in [3.63, 3.8) is 0 Å². The van der Waals surface area contributed by atoms with E-state index in [1.54, 1.807) is 0 Å². The summed E-state index contributed by atoms with van der Waals surface area (Å²) in [6.45, 7) is 0.444. The van der Waals surface area contributed by atoms with Crippen LogP contribution in [0.25, 0.3) is 0 Å². The molecule has 0 unspecified atom stereocenters. The predicted octanol–water partition coefficient (Wildman–Crippen LogP) is 4.26. The zero-order chi connectivity index (χ0) is 19.6. The Morgan fingerprint density at radius 2 is 0.857 bits per heavy atom. The number of carbonyl (C=O) groups is 2. The molecule has 3 aromatic rings. The largest absolute Gasteiger partial charge is 0.461 e. The van der Waals surface area contributed by atoms with E-state index in [4.69, 9.17) is 9.47 Å². The number of carbonyl (C=O) groups excluding carboxylic acids is 2. The van der Waals surface area contributed by atoms with E-state index in [-0.39, 0.29) is 38.0 Å². The van der Waals surface area contributed by atoms with Gasteiger partial charge in [0.25, 0.3) is 0 Å². The Morgan fingerprint density at radius 3 is 1.21 bits per heavy atom. The van der Waals surface area contributed by atoms with Gasteiger partial charge in [0.2, 0.25) is 0 Å². The number of esters is 2. The molecule has 3 rings (SSSR count). The van der Waals surface area contributed by atoms with Crippen LogP contribution in [0, 0.1) is 0 Å². The highest BCUT2D eigenvalue weighted by Crippen LogP contribution is 2.09. The number of hydrogen-bond acceptors (Lipinski definition) is 4. The highest BCUT2D eigenvalue weighted by atomic mass is 16.5. The summed E-state index contributed by atoms with van der Waals surface area (Å²) in [5.74, 6) is -0.518. The van der Waals surface area contributed by atoms with E-state index in [1.807, 2.05) is 84.9 Å². The molecule has 4 nitrogen and oxygen atoms in total. The third-order valence-corrected chi connectivity index (χ3v) is 4.21. The molecule has 0 fully saturated rings. The Bertz CT molecular complexity index is 810. The van der Waals surface area contributed by atoms with Crippen molar-refractivity contribution in [2.45, 2.75) is 26.1 Å². The summed E-state index contributed by atoms with van der Waals surface area (Å²) in [6.07, 6.45) is 0.520. The van der Waals surface area contributed by atoms with Crippen LogP contribution in [0.1, 0.15) is 22.3 Å². The summed E-state index contributed by atoms with van der Waals surface area (Å²) in [5.41, 5.74) is 3.64. The van der Waals surface area contributed by atoms with E-state index in [1.165, 1.54) is 0 Å². The zero-order valence-corrected chi connectivity index (χ0v) is 15.5. The van der Waals surface area contributed by atoms with Gasteiger partial charge in [-0.3, -0.25) is 9.59 Å². The van der Waals surface area contributed by atoms with E-state index in [0.29, 0.717) is 0 Å². The van der Waals surface area contributed by atoms with E-state index >= 15 is 0 Å². The van der Waals surface area contributed by atoms with Crippen molar-refractivity contribution in [1.82, 2.24) is 0 Å². The van der Waals surface area contributed by atoms with Crippen LogP contribution in [0.5, 0.6) is 0 Å². The van der Waals surface area contributed by atoms with Crippen LogP contribution in [0.3, 0.4) is 0 Å². The molecule has 0 aliphatic carbocycles. The lowest BCUT2D eigenvalue weighted by molar-refractivity contribution is -0.145. The van der Waals surface area contributed by atoms with Crippen LogP contribution in [-0.4, -0.2) is 11.9 Å². The van der Waals surface area contributed by atoms with Crippen LogP contribution < -0.4 is 0 Å². The molecular formula is C24H22O4. The second kappa shape index (κ2) is 10.1. The fraction of sp³-hybridized carbons (Fsp3) is 0.167. The topological polar surface area (TPSA) is 52.6 Å². The van der Waals surface area contributed by atoms with Gasteiger partial charge in [-0.2, -0.15) is 0 Å². The average molecular weight is 374 g/mol. The van der Waals surface area contributed by atoms with Gasteiger partial charge < -0.3 is 9.47 Å². The first-order valence-electron chi connectivity index (χ1n) is 9.16. The molecule has 0 saturated carbocycles. The SMILES string of the molecule is O=C(Cc1ccccc1)OCc1ccc(COC(=O)Cc2ccccc2)cc1. The molecule has 0 saturated heterocycles. The van der Waals surface area contributed by atoms with E-state index in [0.717, 1.165) is 22.3 Å². The molecule has 3 aromatic carbocycles. The molecule has 0 aromatic heterocycles. The van der Waals surface area contributed by atoms with Crippen LogP contribution >= 0.6 is 0 Å². The Hall–Kier alpha value is -3.40. The lowest BCUT2D eigenvalue weighted by Gasteiger charge is -2.08. The number of hydrogen-bond donors (Lipinski definition) is 0. The van der Waals surface area contributed by atoms with Gasteiger partial charge >= 0.3 is 11.9 Å².